The number of likely N-dealkylation sites (N-methyl/N-ethyl adjacent to an activating group) is 1. The van der Waals surface area contributed by atoms with Gasteiger partial charge in [-0.15, -0.1) is 0 Å². The molecule has 1 atom stereocenters. The molecular formula is C7H15NO3S. The van der Waals surface area contributed by atoms with E-state index >= 15 is 0 Å². The van der Waals surface area contributed by atoms with E-state index in [1.54, 1.807) is 0 Å². The van der Waals surface area contributed by atoms with Crippen molar-refractivity contribution in [1.29, 1.82) is 0 Å². The third-order valence-corrected chi connectivity index (χ3v) is 1.76. The average molecular weight is 193 g/mol. The zero-order valence-corrected chi connectivity index (χ0v) is 8.27. The molecule has 0 fully saturated rings. The van der Waals surface area contributed by atoms with Crippen LogP contribution in [0.15, 0.2) is 0 Å². The van der Waals surface area contributed by atoms with Crippen LogP contribution in [-0.2, 0) is 13.7 Å². The van der Waals surface area contributed by atoms with Gasteiger partial charge in [-0.3, -0.25) is 4.79 Å². The summed E-state index contributed by atoms with van der Waals surface area (Å²) in [6, 6.07) is 0.154. The second kappa shape index (κ2) is 7.39. The summed E-state index contributed by atoms with van der Waals surface area (Å²) in [6.07, 6.45) is 1.10. The Labute approximate surface area is 78.2 Å². The van der Waals surface area contributed by atoms with E-state index in [0.717, 1.165) is 0 Å². The predicted molar refractivity (Wildman–Crippen MR) is 49.0 cm³/mol. The lowest BCUT2D eigenvalue weighted by Crippen LogP contribution is -2.30. The Morgan fingerprint density at radius 2 is 2.33 bits per heavy atom. The Kier molecular flexibility index (Phi) is 7.23. The van der Waals surface area contributed by atoms with Crippen LogP contribution in [0.5, 0.6) is 0 Å². The Morgan fingerprint density at radius 1 is 1.67 bits per heavy atom. The van der Waals surface area contributed by atoms with Crippen LogP contribution in [0.4, 0.5) is 0 Å². The predicted octanol–water partition coefficient (Wildman–Crippen LogP) is 0.389. The minimum atomic E-state index is -0.200. The summed E-state index contributed by atoms with van der Waals surface area (Å²) in [4.78, 5) is 10.7. The van der Waals surface area contributed by atoms with E-state index in [-0.39, 0.29) is 12.0 Å². The van der Waals surface area contributed by atoms with Crippen molar-refractivity contribution in [3.05, 3.63) is 0 Å². The SMILES string of the molecule is CN[C@@H](CCC(=O)OC)COS. The molecule has 4 nitrogen and oxygen atoms in total. The van der Waals surface area contributed by atoms with Gasteiger partial charge in [0.1, 0.15) is 0 Å². The van der Waals surface area contributed by atoms with Crippen molar-refractivity contribution in [2.24, 2.45) is 0 Å². The fourth-order valence-corrected chi connectivity index (χ4v) is 0.975. The summed E-state index contributed by atoms with van der Waals surface area (Å²) in [6.45, 7) is 0.483. The van der Waals surface area contributed by atoms with Crippen molar-refractivity contribution in [2.45, 2.75) is 18.9 Å². The molecule has 0 aromatic rings. The fraction of sp³-hybridized carbons (Fsp3) is 0.857. The summed E-state index contributed by atoms with van der Waals surface area (Å²) >= 11 is 3.63. The molecule has 0 aliphatic heterocycles. The Bertz CT molecular complexity index is 132. The molecule has 72 valence electrons. The average Bonchev–Trinajstić information content (AvgIpc) is 2.11. The molecule has 0 spiro atoms. The first kappa shape index (κ1) is 11.7. The second-order valence-corrected chi connectivity index (χ2v) is 2.65. The second-order valence-electron chi connectivity index (χ2n) is 2.40. The minimum Gasteiger partial charge on any atom is -0.469 e. The van der Waals surface area contributed by atoms with Crippen molar-refractivity contribution in [1.82, 2.24) is 5.32 Å². The Hall–Kier alpha value is -0.260. The molecule has 0 radical (unpaired) electrons. The molecule has 0 amide bonds. The van der Waals surface area contributed by atoms with Gasteiger partial charge in [-0.1, -0.05) is 0 Å². The van der Waals surface area contributed by atoms with Crippen LogP contribution in [0.25, 0.3) is 0 Å². The lowest BCUT2D eigenvalue weighted by molar-refractivity contribution is -0.140. The number of carbonyl (C=O) groups excluding carboxylic acids is 1. The molecule has 0 aliphatic carbocycles. The monoisotopic (exact) mass is 193 g/mol. The first-order valence-corrected chi connectivity index (χ1v) is 4.11. The van der Waals surface area contributed by atoms with Gasteiger partial charge >= 0.3 is 5.97 Å². The molecule has 0 bridgehead atoms. The molecule has 0 unspecified atom stereocenters. The zero-order chi connectivity index (χ0) is 9.40. The van der Waals surface area contributed by atoms with E-state index in [1.165, 1.54) is 7.11 Å². The largest absolute Gasteiger partial charge is 0.469 e. The van der Waals surface area contributed by atoms with Gasteiger partial charge in [0.25, 0.3) is 0 Å². The molecular weight excluding hydrogens is 178 g/mol. The Balaban J connectivity index is 3.50. The maximum Gasteiger partial charge on any atom is 0.305 e. The maximum absolute atomic E-state index is 10.7. The number of hydrogen-bond donors (Lipinski definition) is 2. The minimum absolute atomic E-state index is 0.154. The van der Waals surface area contributed by atoms with Crippen molar-refractivity contribution in [2.75, 3.05) is 20.8 Å². The molecule has 12 heavy (non-hydrogen) atoms. The van der Waals surface area contributed by atoms with E-state index in [4.69, 9.17) is 0 Å². The van der Waals surface area contributed by atoms with Gasteiger partial charge < -0.3 is 14.2 Å². The Morgan fingerprint density at radius 3 is 2.75 bits per heavy atom. The van der Waals surface area contributed by atoms with E-state index in [2.05, 4.69) is 27.1 Å². The van der Waals surface area contributed by atoms with Crippen molar-refractivity contribution in [3.8, 4) is 0 Å². The van der Waals surface area contributed by atoms with Crippen molar-refractivity contribution >= 4 is 18.9 Å². The first-order chi connectivity index (χ1) is 5.74. The third kappa shape index (κ3) is 5.40. The van der Waals surface area contributed by atoms with E-state index in [0.29, 0.717) is 19.4 Å². The van der Waals surface area contributed by atoms with Crippen LogP contribution in [0.2, 0.25) is 0 Å². The van der Waals surface area contributed by atoms with Gasteiger partial charge in [-0.25, -0.2) is 0 Å². The van der Waals surface area contributed by atoms with E-state index in [9.17, 15) is 4.79 Å². The quantitative estimate of drug-likeness (QED) is 0.364. The number of thiol groups is 1. The van der Waals surface area contributed by atoms with Gasteiger partial charge in [0, 0.05) is 12.5 Å². The molecule has 5 heteroatoms. The van der Waals surface area contributed by atoms with Crippen LogP contribution in [-0.4, -0.2) is 32.8 Å². The van der Waals surface area contributed by atoms with Gasteiger partial charge in [-0.2, -0.15) is 0 Å². The zero-order valence-electron chi connectivity index (χ0n) is 7.37. The summed E-state index contributed by atoms with van der Waals surface area (Å²) in [7, 11) is 3.20. The smallest absolute Gasteiger partial charge is 0.305 e. The normalized spacial score (nSPS) is 12.6. The number of carbonyl (C=O) groups is 1. The highest BCUT2D eigenvalue weighted by Gasteiger charge is 2.08. The molecule has 0 rings (SSSR count). The molecule has 0 aromatic heterocycles. The number of nitrogens with one attached hydrogen (secondary N) is 1. The van der Waals surface area contributed by atoms with Gasteiger partial charge in [-0.05, 0) is 26.4 Å². The van der Waals surface area contributed by atoms with E-state index in [1.807, 2.05) is 7.05 Å². The number of esters is 1. The lowest BCUT2D eigenvalue weighted by Gasteiger charge is -2.12. The molecule has 0 aromatic carbocycles. The highest BCUT2D eigenvalue weighted by Crippen LogP contribution is 1.99. The highest BCUT2D eigenvalue weighted by molar-refractivity contribution is 7.75. The summed E-state index contributed by atoms with van der Waals surface area (Å²) in [5, 5.41) is 3.00. The third-order valence-electron chi connectivity index (χ3n) is 1.61. The molecule has 0 saturated heterocycles. The summed E-state index contributed by atoms with van der Waals surface area (Å²) in [5.41, 5.74) is 0. The van der Waals surface area contributed by atoms with Crippen LogP contribution in [0.1, 0.15) is 12.8 Å². The van der Waals surface area contributed by atoms with Gasteiger partial charge in [0.2, 0.25) is 0 Å². The van der Waals surface area contributed by atoms with Crippen molar-refractivity contribution in [3.63, 3.8) is 0 Å². The number of methoxy groups -OCH3 is 1. The van der Waals surface area contributed by atoms with Crippen LogP contribution in [0, 0.1) is 0 Å². The number of hydrogen-bond acceptors (Lipinski definition) is 5. The van der Waals surface area contributed by atoms with E-state index < -0.39 is 0 Å². The first-order valence-electron chi connectivity index (χ1n) is 3.75. The topological polar surface area (TPSA) is 47.6 Å². The van der Waals surface area contributed by atoms with Gasteiger partial charge in [0.15, 0.2) is 0 Å². The number of ether oxygens (including phenoxy) is 1. The fourth-order valence-electron chi connectivity index (χ4n) is 0.795. The standard InChI is InChI=1S/C7H15NO3S/c1-8-6(5-11-12)3-4-7(9)10-2/h6,8,12H,3-5H2,1-2H3/t6-/m0/s1. The molecule has 0 aliphatic rings. The van der Waals surface area contributed by atoms with Crippen LogP contribution in [0.3, 0.4) is 0 Å². The molecule has 1 N–H and O–H groups in total. The van der Waals surface area contributed by atoms with Crippen LogP contribution < -0.4 is 5.32 Å². The molecule has 0 heterocycles. The van der Waals surface area contributed by atoms with Gasteiger partial charge in [0.05, 0.1) is 13.7 Å². The van der Waals surface area contributed by atoms with Crippen LogP contribution >= 0.6 is 12.9 Å². The number of rotatable bonds is 6. The lowest BCUT2D eigenvalue weighted by atomic mass is 10.2. The molecule has 0 saturated carbocycles. The maximum atomic E-state index is 10.7. The summed E-state index contributed by atoms with van der Waals surface area (Å²) in [5.74, 6) is -0.200. The van der Waals surface area contributed by atoms with Crippen molar-refractivity contribution < 1.29 is 13.7 Å². The summed E-state index contributed by atoms with van der Waals surface area (Å²) < 4.78 is 9.14. The highest BCUT2D eigenvalue weighted by atomic mass is 32.1.